The standard InChI is InChI=1S/C20H23N3O4S/c1-21-20(25)18-10-14(9-15(22-18)8-13-6-4-3-5-7-13)19(24)23-16-11-17(12-16)28(2,26)27/h3-7,9-10,16-17H,8,11-12H2,1-2H3,(H,21,25)(H,23,24). The van der Waals surface area contributed by atoms with Crippen molar-refractivity contribution in [1.82, 2.24) is 15.6 Å². The molecular formula is C20H23N3O4S. The average molecular weight is 401 g/mol. The van der Waals surface area contributed by atoms with Crippen LogP contribution in [0.4, 0.5) is 0 Å². The summed E-state index contributed by atoms with van der Waals surface area (Å²) in [5, 5.41) is 4.97. The minimum atomic E-state index is -3.08. The number of rotatable bonds is 6. The van der Waals surface area contributed by atoms with E-state index >= 15 is 0 Å². The van der Waals surface area contributed by atoms with Crippen molar-refractivity contribution in [3.8, 4) is 0 Å². The molecule has 1 aromatic heterocycles. The third kappa shape index (κ3) is 4.75. The molecule has 28 heavy (non-hydrogen) atoms. The van der Waals surface area contributed by atoms with Gasteiger partial charge in [-0.1, -0.05) is 30.3 Å². The van der Waals surface area contributed by atoms with Gasteiger partial charge in [-0.3, -0.25) is 9.59 Å². The number of pyridine rings is 1. The number of carbonyl (C=O) groups is 2. The van der Waals surface area contributed by atoms with E-state index in [1.807, 2.05) is 30.3 Å². The van der Waals surface area contributed by atoms with E-state index in [9.17, 15) is 18.0 Å². The van der Waals surface area contributed by atoms with E-state index in [0.29, 0.717) is 30.5 Å². The molecule has 0 aliphatic heterocycles. The first-order valence-corrected chi connectivity index (χ1v) is 11.0. The number of benzene rings is 1. The van der Waals surface area contributed by atoms with Gasteiger partial charge < -0.3 is 10.6 Å². The van der Waals surface area contributed by atoms with Crippen molar-refractivity contribution >= 4 is 21.7 Å². The molecule has 2 N–H and O–H groups in total. The molecule has 7 nitrogen and oxygen atoms in total. The van der Waals surface area contributed by atoms with Gasteiger partial charge >= 0.3 is 0 Å². The molecule has 2 amide bonds. The Labute approximate surface area is 164 Å². The van der Waals surface area contributed by atoms with Crippen LogP contribution in [0.1, 0.15) is 44.9 Å². The minimum absolute atomic E-state index is 0.170. The summed E-state index contributed by atoms with van der Waals surface area (Å²) in [5.74, 6) is -0.705. The minimum Gasteiger partial charge on any atom is -0.354 e. The van der Waals surface area contributed by atoms with Gasteiger partial charge in [0.1, 0.15) is 15.5 Å². The maximum absolute atomic E-state index is 12.7. The maximum Gasteiger partial charge on any atom is 0.269 e. The topological polar surface area (TPSA) is 105 Å². The highest BCUT2D eigenvalue weighted by Gasteiger charge is 2.37. The van der Waals surface area contributed by atoms with Crippen LogP contribution in [0, 0.1) is 0 Å². The quantitative estimate of drug-likeness (QED) is 0.760. The summed E-state index contributed by atoms with van der Waals surface area (Å²) in [7, 11) is -1.57. The fraction of sp³-hybridized carbons (Fsp3) is 0.350. The second kappa shape index (κ2) is 8.10. The van der Waals surface area contributed by atoms with Crippen molar-refractivity contribution in [1.29, 1.82) is 0 Å². The number of amides is 2. The lowest BCUT2D eigenvalue weighted by Gasteiger charge is -2.34. The highest BCUT2D eigenvalue weighted by Crippen LogP contribution is 2.26. The van der Waals surface area contributed by atoms with Crippen molar-refractivity contribution in [2.75, 3.05) is 13.3 Å². The normalized spacial score (nSPS) is 18.8. The lowest BCUT2D eigenvalue weighted by atomic mass is 9.92. The predicted octanol–water partition coefficient (Wildman–Crippen LogP) is 1.34. The maximum atomic E-state index is 12.7. The van der Waals surface area contributed by atoms with Crippen LogP contribution in [-0.2, 0) is 16.3 Å². The monoisotopic (exact) mass is 401 g/mol. The third-order valence-electron chi connectivity index (χ3n) is 4.86. The largest absolute Gasteiger partial charge is 0.354 e. The number of carbonyl (C=O) groups excluding carboxylic acids is 2. The Morgan fingerprint density at radius 2 is 1.79 bits per heavy atom. The van der Waals surface area contributed by atoms with Crippen molar-refractivity contribution < 1.29 is 18.0 Å². The lowest BCUT2D eigenvalue weighted by molar-refractivity contribution is 0.0917. The Morgan fingerprint density at radius 3 is 2.39 bits per heavy atom. The van der Waals surface area contributed by atoms with E-state index in [2.05, 4.69) is 15.6 Å². The van der Waals surface area contributed by atoms with Gasteiger partial charge in [0.15, 0.2) is 0 Å². The summed E-state index contributed by atoms with van der Waals surface area (Å²) in [6.45, 7) is 0. The van der Waals surface area contributed by atoms with E-state index in [-0.39, 0.29) is 23.6 Å². The molecule has 1 aromatic carbocycles. The molecule has 1 aliphatic carbocycles. The zero-order valence-corrected chi connectivity index (χ0v) is 16.6. The van der Waals surface area contributed by atoms with E-state index in [0.717, 1.165) is 5.56 Å². The highest BCUT2D eigenvalue weighted by molar-refractivity contribution is 7.91. The number of sulfone groups is 1. The number of nitrogens with zero attached hydrogens (tertiary/aromatic N) is 1. The summed E-state index contributed by atoms with van der Waals surface area (Å²) < 4.78 is 23.0. The van der Waals surface area contributed by atoms with E-state index in [4.69, 9.17) is 0 Å². The van der Waals surface area contributed by atoms with Gasteiger partial charge in [-0.25, -0.2) is 13.4 Å². The second-order valence-electron chi connectivity index (χ2n) is 7.07. The summed E-state index contributed by atoms with van der Waals surface area (Å²) in [6, 6.07) is 12.6. The summed E-state index contributed by atoms with van der Waals surface area (Å²) >= 11 is 0. The Kier molecular flexibility index (Phi) is 5.79. The van der Waals surface area contributed by atoms with Crippen LogP contribution in [0.3, 0.4) is 0 Å². The number of hydrogen-bond donors (Lipinski definition) is 2. The molecule has 0 unspecified atom stereocenters. The summed E-state index contributed by atoms with van der Waals surface area (Å²) in [5.41, 5.74) is 2.14. The molecule has 0 spiro atoms. The molecule has 148 valence electrons. The Hall–Kier alpha value is -2.74. The Bertz CT molecular complexity index is 984. The number of nitrogens with one attached hydrogen (secondary N) is 2. The molecule has 3 rings (SSSR count). The first kappa shape index (κ1) is 20.0. The van der Waals surface area contributed by atoms with Gasteiger partial charge in [-0.2, -0.15) is 0 Å². The predicted molar refractivity (Wildman–Crippen MR) is 106 cm³/mol. The van der Waals surface area contributed by atoms with Crippen LogP contribution >= 0.6 is 0 Å². The first-order valence-electron chi connectivity index (χ1n) is 9.03. The zero-order valence-electron chi connectivity index (χ0n) is 15.8. The van der Waals surface area contributed by atoms with Crippen LogP contribution < -0.4 is 10.6 Å². The molecule has 0 bridgehead atoms. The van der Waals surface area contributed by atoms with Crippen LogP contribution in [0.25, 0.3) is 0 Å². The second-order valence-corrected chi connectivity index (χ2v) is 9.39. The van der Waals surface area contributed by atoms with E-state index in [1.54, 1.807) is 6.07 Å². The highest BCUT2D eigenvalue weighted by atomic mass is 32.2. The molecule has 0 radical (unpaired) electrons. The number of hydrogen-bond acceptors (Lipinski definition) is 5. The Balaban J connectivity index is 1.78. The number of aromatic nitrogens is 1. The molecule has 1 fully saturated rings. The zero-order chi connectivity index (χ0) is 20.3. The SMILES string of the molecule is CNC(=O)c1cc(C(=O)NC2CC(S(C)(=O)=O)C2)cc(Cc2ccccc2)n1. The van der Waals surface area contributed by atoms with Gasteiger partial charge in [0.2, 0.25) is 0 Å². The van der Waals surface area contributed by atoms with Gasteiger partial charge in [0.25, 0.3) is 11.8 Å². The van der Waals surface area contributed by atoms with E-state index in [1.165, 1.54) is 19.4 Å². The molecule has 1 heterocycles. The summed E-state index contributed by atoms with van der Waals surface area (Å²) in [6.07, 6.45) is 2.53. The van der Waals surface area contributed by atoms with Gasteiger partial charge in [0, 0.05) is 37.0 Å². The summed E-state index contributed by atoms with van der Waals surface area (Å²) in [4.78, 5) is 29.1. The average Bonchev–Trinajstić information content (AvgIpc) is 2.63. The molecule has 8 heteroatoms. The molecular weight excluding hydrogens is 378 g/mol. The molecule has 0 saturated heterocycles. The van der Waals surface area contributed by atoms with Crippen molar-refractivity contribution in [2.45, 2.75) is 30.6 Å². The van der Waals surface area contributed by atoms with Gasteiger partial charge in [-0.05, 0) is 30.5 Å². The van der Waals surface area contributed by atoms with Crippen LogP contribution in [0.5, 0.6) is 0 Å². The van der Waals surface area contributed by atoms with Gasteiger partial charge in [0.05, 0.1) is 5.25 Å². The molecule has 0 atom stereocenters. The van der Waals surface area contributed by atoms with Crippen molar-refractivity contribution in [2.24, 2.45) is 0 Å². The fourth-order valence-electron chi connectivity index (χ4n) is 3.16. The van der Waals surface area contributed by atoms with Crippen LogP contribution in [-0.4, -0.2) is 49.8 Å². The molecule has 1 aliphatic rings. The first-order chi connectivity index (χ1) is 13.3. The van der Waals surface area contributed by atoms with Crippen LogP contribution in [0.15, 0.2) is 42.5 Å². The molecule has 2 aromatic rings. The smallest absolute Gasteiger partial charge is 0.269 e. The van der Waals surface area contributed by atoms with Crippen molar-refractivity contribution in [3.05, 3.63) is 65.0 Å². The Morgan fingerprint density at radius 1 is 1.11 bits per heavy atom. The fourth-order valence-corrected chi connectivity index (χ4v) is 4.32. The molecule has 1 saturated carbocycles. The lowest BCUT2D eigenvalue weighted by Crippen LogP contribution is -2.49. The van der Waals surface area contributed by atoms with Gasteiger partial charge in [-0.15, -0.1) is 0 Å². The third-order valence-corrected chi connectivity index (χ3v) is 6.46. The van der Waals surface area contributed by atoms with Crippen LogP contribution in [0.2, 0.25) is 0 Å². The van der Waals surface area contributed by atoms with E-state index < -0.39 is 15.1 Å². The van der Waals surface area contributed by atoms with Crippen molar-refractivity contribution in [3.63, 3.8) is 0 Å².